The number of nitrogens with zero attached hydrogens (tertiary/aromatic N) is 1. The maximum atomic E-state index is 11.9. The Balaban J connectivity index is 2.16. The summed E-state index contributed by atoms with van der Waals surface area (Å²) >= 11 is 0. The van der Waals surface area contributed by atoms with Crippen LogP contribution in [0.2, 0.25) is 0 Å². The zero-order chi connectivity index (χ0) is 18.6. The molecule has 1 aromatic rings. The SMILES string of the molecule is CCOC(=O)C(=O)Nc1cnc(NC(=O)OC(C)(C)C)c2c1COC2. The summed E-state index contributed by atoms with van der Waals surface area (Å²) in [5.41, 5.74) is 0.948. The van der Waals surface area contributed by atoms with Crippen molar-refractivity contribution in [1.82, 2.24) is 4.98 Å². The summed E-state index contributed by atoms with van der Waals surface area (Å²) < 4.78 is 15.2. The van der Waals surface area contributed by atoms with Crippen LogP contribution in [-0.4, -0.2) is 35.2 Å². The molecule has 9 nitrogen and oxygen atoms in total. The summed E-state index contributed by atoms with van der Waals surface area (Å²) in [7, 11) is 0. The minimum absolute atomic E-state index is 0.102. The summed E-state index contributed by atoms with van der Waals surface area (Å²) in [6.07, 6.45) is 0.703. The van der Waals surface area contributed by atoms with Gasteiger partial charge in [-0.15, -0.1) is 0 Å². The molecule has 9 heteroatoms. The molecule has 2 amide bonds. The Morgan fingerprint density at radius 2 is 1.88 bits per heavy atom. The van der Waals surface area contributed by atoms with E-state index in [0.29, 0.717) is 16.8 Å². The van der Waals surface area contributed by atoms with E-state index in [0.717, 1.165) is 0 Å². The van der Waals surface area contributed by atoms with E-state index in [2.05, 4.69) is 20.4 Å². The molecule has 2 heterocycles. The van der Waals surface area contributed by atoms with Crippen LogP contribution in [0.4, 0.5) is 16.3 Å². The van der Waals surface area contributed by atoms with Crippen molar-refractivity contribution in [2.24, 2.45) is 0 Å². The van der Waals surface area contributed by atoms with Gasteiger partial charge in [0.2, 0.25) is 0 Å². The van der Waals surface area contributed by atoms with Gasteiger partial charge in [0.1, 0.15) is 11.4 Å². The second-order valence-corrected chi connectivity index (χ2v) is 6.27. The molecule has 0 spiro atoms. The molecule has 0 atom stereocenters. The van der Waals surface area contributed by atoms with Gasteiger partial charge in [0.05, 0.1) is 31.7 Å². The molecule has 0 unspecified atom stereocenters. The lowest BCUT2D eigenvalue weighted by atomic mass is 10.1. The fraction of sp³-hybridized carbons (Fsp3) is 0.500. The number of rotatable bonds is 3. The average molecular weight is 351 g/mol. The van der Waals surface area contributed by atoms with E-state index < -0.39 is 23.6 Å². The highest BCUT2D eigenvalue weighted by molar-refractivity contribution is 6.37. The number of carbonyl (C=O) groups is 3. The first-order valence-electron chi connectivity index (χ1n) is 7.78. The van der Waals surface area contributed by atoms with Gasteiger partial charge in [-0.05, 0) is 27.7 Å². The van der Waals surface area contributed by atoms with Crippen molar-refractivity contribution < 1.29 is 28.6 Å². The van der Waals surface area contributed by atoms with Crippen molar-refractivity contribution in [2.45, 2.75) is 46.5 Å². The summed E-state index contributed by atoms with van der Waals surface area (Å²) in [5.74, 6) is -1.59. The summed E-state index contributed by atoms with van der Waals surface area (Å²) in [6.45, 7) is 7.40. The third kappa shape index (κ3) is 4.90. The van der Waals surface area contributed by atoms with Gasteiger partial charge in [0.15, 0.2) is 0 Å². The molecule has 0 saturated heterocycles. The molecule has 0 fully saturated rings. The monoisotopic (exact) mass is 351 g/mol. The van der Waals surface area contributed by atoms with Crippen molar-refractivity contribution >= 4 is 29.5 Å². The second-order valence-electron chi connectivity index (χ2n) is 6.27. The molecule has 0 saturated carbocycles. The highest BCUT2D eigenvalue weighted by Gasteiger charge is 2.25. The first-order valence-corrected chi connectivity index (χ1v) is 7.78. The lowest BCUT2D eigenvalue weighted by Crippen LogP contribution is -2.28. The van der Waals surface area contributed by atoms with Crippen LogP contribution in [-0.2, 0) is 37.0 Å². The Morgan fingerprint density at radius 3 is 2.52 bits per heavy atom. The van der Waals surface area contributed by atoms with Gasteiger partial charge in [-0.2, -0.15) is 0 Å². The minimum Gasteiger partial charge on any atom is -0.459 e. The molecular formula is C16H21N3O6. The molecule has 1 aromatic heterocycles. The number of pyridine rings is 1. The first kappa shape index (κ1) is 18.7. The Bertz CT molecular complexity index is 696. The van der Waals surface area contributed by atoms with Crippen LogP contribution >= 0.6 is 0 Å². The topological polar surface area (TPSA) is 116 Å². The lowest BCUT2D eigenvalue weighted by Gasteiger charge is -2.20. The van der Waals surface area contributed by atoms with Crippen molar-refractivity contribution in [3.05, 3.63) is 17.3 Å². The van der Waals surface area contributed by atoms with E-state index in [9.17, 15) is 14.4 Å². The molecule has 25 heavy (non-hydrogen) atoms. The number of anilines is 2. The van der Waals surface area contributed by atoms with Crippen molar-refractivity contribution in [1.29, 1.82) is 0 Å². The Labute approximate surface area is 145 Å². The molecule has 1 aliphatic heterocycles. The third-order valence-electron chi connectivity index (χ3n) is 3.12. The number of carbonyl (C=O) groups excluding carboxylic acids is 3. The van der Waals surface area contributed by atoms with E-state index in [1.165, 1.54) is 6.20 Å². The molecule has 0 radical (unpaired) electrons. The van der Waals surface area contributed by atoms with Gasteiger partial charge in [-0.3, -0.25) is 10.1 Å². The summed E-state index contributed by atoms with van der Waals surface area (Å²) in [6, 6.07) is 0. The molecule has 1 aliphatic rings. The number of fused-ring (bicyclic) bond motifs is 1. The normalized spacial score (nSPS) is 13.0. The van der Waals surface area contributed by atoms with Gasteiger partial charge in [0, 0.05) is 11.1 Å². The van der Waals surface area contributed by atoms with Gasteiger partial charge in [-0.1, -0.05) is 0 Å². The molecular weight excluding hydrogens is 330 g/mol. The average Bonchev–Trinajstić information content (AvgIpc) is 2.98. The maximum absolute atomic E-state index is 11.9. The van der Waals surface area contributed by atoms with Crippen LogP contribution in [0.3, 0.4) is 0 Å². The van der Waals surface area contributed by atoms with Crippen LogP contribution in [0.1, 0.15) is 38.8 Å². The fourth-order valence-corrected chi connectivity index (χ4v) is 2.15. The molecule has 0 aliphatic carbocycles. The van der Waals surface area contributed by atoms with Gasteiger partial charge >= 0.3 is 18.0 Å². The smallest absolute Gasteiger partial charge is 0.413 e. The number of hydrogen-bond acceptors (Lipinski definition) is 7. The van der Waals surface area contributed by atoms with Crippen LogP contribution in [0.25, 0.3) is 0 Å². The Hall–Kier alpha value is -2.68. The minimum atomic E-state index is -0.980. The van der Waals surface area contributed by atoms with E-state index in [1.54, 1.807) is 27.7 Å². The van der Waals surface area contributed by atoms with Crippen molar-refractivity contribution in [3.8, 4) is 0 Å². The predicted molar refractivity (Wildman–Crippen MR) is 87.8 cm³/mol. The number of amides is 2. The first-order chi connectivity index (χ1) is 11.7. The fourth-order valence-electron chi connectivity index (χ4n) is 2.15. The van der Waals surface area contributed by atoms with E-state index in [4.69, 9.17) is 9.47 Å². The van der Waals surface area contributed by atoms with Gasteiger partial charge < -0.3 is 19.5 Å². The largest absolute Gasteiger partial charge is 0.459 e. The maximum Gasteiger partial charge on any atom is 0.413 e. The zero-order valence-corrected chi connectivity index (χ0v) is 14.6. The van der Waals surface area contributed by atoms with Crippen LogP contribution in [0.5, 0.6) is 0 Å². The van der Waals surface area contributed by atoms with E-state index in [-0.39, 0.29) is 25.6 Å². The standard InChI is InChI=1S/C16H21N3O6/c1-5-24-14(21)13(20)18-11-6-17-12(10-8-23-7-9(10)11)19-15(22)25-16(2,3)4/h6H,5,7-8H2,1-4H3,(H,18,20)(H,17,19,22). The zero-order valence-electron chi connectivity index (χ0n) is 14.6. The van der Waals surface area contributed by atoms with Crippen molar-refractivity contribution in [3.63, 3.8) is 0 Å². The number of nitrogens with one attached hydrogen (secondary N) is 2. The molecule has 2 rings (SSSR count). The number of hydrogen-bond donors (Lipinski definition) is 2. The number of esters is 1. The second kappa shape index (κ2) is 7.47. The van der Waals surface area contributed by atoms with Crippen molar-refractivity contribution in [2.75, 3.05) is 17.2 Å². The number of ether oxygens (including phenoxy) is 3. The Kier molecular flexibility index (Phi) is 5.58. The van der Waals surface area contributed by atoms with Crippen LogP contribution in [0.15, 0.2) is 6.20 Å². The van der Waals surface area contributed by atoms with E-state index in [1.807, 2.05) is 0 Å². The predicted octanol–water partition coefficient (Wildman–Crippen LogP) is 1.96. The van der Waals surface area contributed by atoms with Crippen LogP contribution < -0.4 is 10.6 Å². The molecule has 0 bridgehead atoms. The summed E-state index contributed by atoms with van der Waals surface area (Å²) in [4.78, 5) is 39.2. The quantitative estimate of drug-likeness (QED) is 0.631. The highest BCUT2D eigenvalue weighted by Crippen LogP contribution is 2.31. The Morgan fingerprint density at radius 1 is 1.20 bits per heavy atom. The molecule has 0 aromatic carbocycles. The lowest BCUT2D eigenvalue weighted by molar-refractivity contribution is -0.152. The third-order valence-corrected chi connectivity index (χ3v) is 3.12. The van der Waals surface area contributed by atoms with Gasteiger partial charge in [-0.25, -0.2) is 14.6 Å². The molecule has 136 valence electrons. The highest BCUT2D eigenvalue weighted by atomic mass is 16.6. The summed E-state index contributed by atoms with van der Waals surface area (Å²) in [5, 5.41) is 5.01. The molecule has 2 N–H and O–H groups in total. The van der Waals surface area contributed by atoms with Crippen LogP contribution in [0, 0.1) is 0 Å². The van der Waals surface area contributed by atoms with Gasteiger partial charge in [0.25, 0.3) is 0 Å². The number of aromatic nitrogens is 1. The van der Waals surface area contributed by atoms with E-state index >= 15 is 0 Å².